The highest BCUT2D eigenvalue weighted by atomic mass is 79.9. The summed E-state index contributed by atoms with van der Waals surface area (Å²) in [5.74, 6) is 0. The maximum absolute atomic E-state index is 3.78. The van der Waals surface area contributed by atoms with Crippen LogP contribution in [0.1, 0.15) is 0 Å². The molecule has 13 heavy (non-hydrogen) atoms. The molecular formula is C6H9BrN6. The zero-order valence-electron chi connectivity index (χ0n) is 7.29. The van der Waals surface area contributed by atoms with E-state index in [0.29, 0.717) is 0 Å². The van der Waals surface area contributed by atoms with Crippen molar-refractivity contribution in [3.8, 4) is 0 Å². The molecule has 0 atom stereocenters. The zero-order chi connectivity index (χ0) is 9.68. The minimum atomic E-state index is 0.757. The molecule has 0 fully saturated rings. The van der Waals surface area contributed by atoms with Crippen LogP contribution in [0, 0.1) is 0 Å². The normalized spacial score (nSPS) is 9.15. The van der Waals surface area contributed by atoms with Gasteiger partial charge < -0.3 is 0 Å². The Balaban J connectivity index is 0.000000132. The second-order valence-corrected chi connectivity index (χ2v) is 2.93. The molecule has 2 aromatic heterocycles. The van der Waals surface area contributed by atoms with Crippen LogP contribution in [0.3, 0.4) is 0 Å². The van der Waals surface area contributed by atoms with E-state index in [4.69, 9.17) is 0 Å². The lowest BCUT2D eigenvalue weighted by Gasteiger charge is -1.82. The number of hydrogen-bond donors (Lipinski definition) is 0. The molecule has 0 aromatic carbocycles. The van der Waals surface area contributed by atoms with Crippen molar-refractivity contribution in [3.05, 3.63) is 23.7 Å². The summed E-state index contributed by atoms with van der Waals surface area (Å²) in [6, 6.07) is 0. The maximum atomic E-state index is 3.78. The first-order valence-electron chi connectivity index (χ1n) is 3.48. The Morgan fingerprint density at radius 2 is 2.00 bits per heavy atom. The van der Waals surface area contributed by atoms with Gasteiger partial charge in [-0.3, -0.25) is 4.68 Å². The Hall–Kier alpha value is -1.24. The van der Waals surface area contributed by atoms with E-state index in [1.54, 1.807) is 15.7 Å². The van der Waals surface area contributed by atoms with E-state index in [1.807, 2.05) is 14.1 Å². The number of aromatic nitrogens is 6. The molecule has 0 N–H and O–H groups in total. The highest BCUT2D eigenvalue weighted by Gasteiger charge is 1.88. The molecular weight excluding hydrogens is 236 g/mol. The van der Waals surface area contributed by atoms with Gasteiger partial charge in [0.2, 0.25) is 0 Å². The van der Waals surface area contributed by atoms with Crippen LogP contribution in [0.2, 0.25) is 0 Å². The fraction of sp³-hybridized carbons (Fsp3) is 0.333. The number of rotatable bonds is 0. The van der Waals surface area contributed by atoms with Gasteiger partial charge >= 0.3 is 0 Å². The monoisotopic (exact) mass is 244 g/mol. The van der Waals surface area contributed by atoms with Gasteiger partial charge in [-0.2, -0.15) is 10.2 Å². The van der Waals surface area contributed by atoms with Gasteiger partial charge in [-0.25, -0.2) is 14.6 Å². The third-order valence-electron chi connectivity index (χ3n) is 1.19. The molecule has 0 aliphatic carbocycles. The lowest BCUT2D eigenvalue weighted by molar-refractivity contribution is 0.745. The third-order valence-corrected chi connectivity index (χ3v) is 1.91. The number of halogens is 1. The highest BCUT2D eigenvalue weighted by Crippen LogP contribution is 1.98. The van der Waals surface area contributed by atoms with Crippen molar-refractivity contribution >= 4 is 15.9 Å². The predicted octanol–water partition coefficient (Wildman–Crippen LogP) is 0.393. The third kappa shape index (κ3) is 3.32. The Labute approximate surface area is 83.7 Å². The summed E-state index contributed by atoms with van der Waals surface area (Å²) in [4.78, 5) is 7.46. The lowest BCUT2D eigenvalue weighted by Crippen LogP contribution is -1.88. The zero-order valence-corrected chi connectivity index (χ0v) is 8.88. The van der Waals surface area contributed by atoms with Gasteiger partial charge in [-0.1, -0.05) is 0 Å². The smallest absolute Gasteiger partial charge is 0.194 e. The standard InChI is InChI=1S/C3H4BrN3.C3H5N3/c1-7-3(4)5-2-6-7;1-6-3-4-2-5-6/h2H,1H3;2-3H,1H3. The van der Waals surface area contributed by atoms with Crippen LogP contribution in [0.15, 0.2) is 23.7 Å². The molecule has 0 unspecified atom stereocenters. The molecule has 7 heteroatoms. The average Bonchev–Trinajstić information content (AvgIpc) is 2.67. The number of aryl methyl sites for hydroxylation is 2. The van der Waals surface area contributed by atoms with E-state index >= 15 is 0 Å². The van der Waals surface area contributed by atoms with Gasteiger partial charge in [0, 0.05) is 14.1 Å². The molecule has 2 rings (SSSR count). The van der Waals surface area contributed by atoms with Crippen LogP contribution in [-0.2, 0) is 14.1 Å². The van der Waals surface area contributed by atoms with Gasteiger partial charge in [0.25, 0.3) is 0 Å². The van der Waals surface area contributed by atoms with Gasteiger partial charge in [0.05, 0.1) is 0 Å². The number of hydrogen-bond acceptors (Lipinski definition) is 4. The molecule has 6 nitrogen and oxygen atoms in total. The summed E-state index contributed by atoms with van der Waals surface area (Å²) in [6.07, 6.45) is 4.63. The Bertz CT molecular complexity index is 323. The van der Waals surface area contributed by atoms with Crippen molar-refractivity contribution in [2.75, 3.05) is 0 Å². The van der Waals surface area contributed by atoms with Crippen molar-refractivity contribution < 1.29 is 0 Å². The lowest BCUT2D eigenvalue weighted by atomic mass is 11.2. The molecule has 70 valence electrons. The molecule has 0 bridgehead atoms. The number of nitrogens with zero attached hydrogens (tertiary/aromatic N) is 6. The fourth-order valence-corrected chi connectivity index (χ4v) is 0.733. The van der Waals surface area contributed by atoms with Crippen LogP contribution in [0.5, 0.6) is 0 Å². The molecule has 0 amide bonds. The summed E-state index contributed by atoms with van der Waals surface area (Å²) in [7, 11) is 3.64. The van der Waals surface area contributed by atoms with E-state index in [0.717, 1.165) is 4.73 Å². The van der Waals surface area contributed by atoms with E-state index in [1.165, 1.54) is 12.7 Å². The Morgan fingerprint density at radius 3 is 2.15 bits per heavy atom. The highest BCUT2D eigenvalue weighted by molar-refractivity contribution is 9.10. The SMILES string of the molecule is Cn1cncn1.Cn1ncnc1Br. The molecule has 0 spiro atoms. The first-order valence-corrected chi connectivity index (χ1v) is 4.27. The molecule has 0 saturated heterocycles. The van der Waals surface area contributed by atoms with Crippen molar-refractivity contribution in [2.24, 2.45) is 14.1 Å². The fourth-order valence-electron chi connectivity index (χ4n) is 0.549. The average molecular weight is 245 g/mol. The van der Waals surface area contributed by atoms with E-state index in [9.17, 15) is 0 Å². The van der Waals surface area contributed by atoms with Gasteiger partial charge in [0.15, 0.2) is 4.73 Å². The minimum absolute atomic E-state index is 0.757. The Kier molecular flexibility index (Phi) is 3.56. The van der Waals surface area contributed by atoms with Crippen LogP contribution in [-0.4, -0.2) is 29.5 Å². The summed E-state index contributed by atoms with van der Waals surface area (Å²) in [5, 5.41) is 7.50. The summed E-state index contributed by atoms with van der Waals surface area (Å²) < 4.78 is 4.03. The molecule has 0 aliphatic heterocycles. The van der Waals surface area contributed by atoms with E-state index in [-0.39, 0.29) is 0 Å². The second-order valence-electron chi connectivity index (χ2n) is 2.22. The molecule has 2 heterocycles. The predicted molar refractivity (Wildman–Crippen MR) is 49.7 cm³/mol. The summed E-state index contributed by atoms with van der Waals surface area (Å²) in [5.41, 5.74) is 0. The topological polar surface area (TPSA) is 61.4 Å². The van der Waals surface area contributed by atoms with Crippen LogP contribution in [0.4, 0.5) is 0 Å². The molecule has 0 radical (unpaired) electrons. The first-order chi connectivity index (χ1) is 6.20. The van der Waals surface area contributed by atoms with Crippen LogP contribution in [0.25, 0.3) is 0 Å². The summed E-state index contributed by atoms with van der Waals surface area (Å²) >= 11 is 3.15. The van der Waals surface area contributed by atoms with Gasteiger partial charge in [-0.05, 0) is 15.9 Å². The van der Waals surface area contributed by atoms with Gasteiger partial charge in [-0.15, -0.1) is 0 Å². The van der Waals surface area contributed by atoms with Gasteiger partial charge in [0.1, 0.15) is 19.0 Å². The quantitative estimate of drug-likeness (QED) is 0.673. The van der Waals surface area contributed by atoms with Crippen molar-refractivity contribution in [1.29, 1.82) is 0 Å². The van der Waals surface area contributed by atoms with Crippen molar-refractivity contribution in [1.82, 2.24) is 29.5 Å². The minimum Gasteiger partial charge on any atom is -0.256 e. The largest absolute Gasteiger partial charge is 0.256 e. The van der Waals surface area contributed by atoms with E-state index in [2.05, 4.69) is 36.1 Å². The second kappa shape index (κ2) is 4.70. The van der Waals surface area contributed by atoms with Crippen molar-refractivity contribution in [3.63, 3.8) is 0 Å². The molecule has 0 saturated carbocycles. The molecule has 2 aromatic rings. The van der Waals surface area contributed by atoms with Crippen molar-refractivity contribution in [2.45, 2.75) is 0 Å². The maximum Gasteiger partial charge on any atom is 0.194 e. The first kappa shape index (κ1) is 9.85. The van der Waals surface area contributed by atoms with Crippen LogP contribution >= 0.6 is 15.9 Å². The van der Waals surface area contributed by atoms with Crippen LogP contribution < -0.4 is 0 Å². The Morgan fingerprint density at radius 1 is 1.23 bits per heavy atom. The molecule has 0 aliphatic rings. The summed E-state index contributed by atoms with van der Waals surface area (Å²) in [6.45, 7) is 0. The van der Waals surface area contributed by atoms with E-state index < -0.39 is 0 Å².